The van der Waals surface area contributed by atoms with Crippen LogP contribution in [-0.2, 0) is 4.79 Å². The third-order valence-electron chi connectivity index (χ3n) is 4.54. The van der Waals surface area contributed by atoms with Crippen LogP contribution in [0.1, 0.15) is 10.4 Å². The standard InChI is InChI=1S/C23H19NO4/c25-22(24-19-14-27-21-13-7-5-11-18(21)23(19)26)15-28-20-12-6-4-10-17(20)16-8-2-1-3-9-16/h1-13,19H,14-15H2,(H,24,25). The third-order valence-corrected chi connectivity index (χ3v) is 4.54. The van der Waals surface area contributed by atoms with E-state index in [0.717, 1.165) is 11.1 Å². The Hall–Kier alpha value is -3.60. The van der Waals surface area contributed by atoms with E-state index in [1.807, 2.05) is 60.7 Å². The summed E-state index contributed by atoms with van der Waals surface area (Å²) in [5.74, 6) is 0.635. The molecule has 4 rings (SSSR count). The highest BCUT2D eigenvalue weighted by Crippen LogP contribution is 2.29. The Morgan fingerprint density at radius 3 is 2.43 bits per heavy atom. The summed E-state index contributed by atoms with van der Waals surface area (Å²) >= 11 is 0. The first-order valence-electron chi connectivity index (χ1n) is 9.05. The smallest absolute Gasteiger partial charge is 0.258 e. The lowest BCUT2D eigenvalue weighted by molar-refractivity contribution is -0.123. The molecule has 1 amide bonds. The van der Waals surface area contributed by atoms with Gasteiger partial charge in [0, 0.05) is 5.56 Å². The number of ether oxygens (including phenoxy) is 2. The molecular formula is C23H19NO4. The monoisotopic (exact) mass is 373 g/mol. The molecule has 1 N–H and O–H groups in total. The molecule has 3 aromatic rings. The summed E-state index contributed by atoms with van der Waals surface area (Å²) in [7, 11) is 0. The molecule has 3 aromatic carbocycles. The number of para-hydroxylation sites is 2. The summed E-state index contributed by atoms with van der Waals surface area (Å²) < 4.78 is 11.3. The molecule has 1 aliphatic heterocycles. The van der Waals surface area contributed by atoms with Gasteiger partial charge in [0.1, 0.15) is 24.1 Å². The molecule has 1 atom stereocenters. The summed E-state index contributed by atoms with van der Waals surface area (Å²) in [6.45, 7) is -0.0720. The van der Waals surface area contributed by atoms with Crippen molar-refractivity contribution in [2.75, 3.05) is 13.2 Å². The summed E-state index contributed by atoms with van der Waals surface area (Å²) in [5, 5.41) is 2.70. The molecule has 28 heavy (non-hydrogen) atoms. The van der Waals surface area contributed by atoms with E-state index < -0.39 is 6.04 Å². The lowest BCUT2D eigenvalue weighted by Gasteiger charge is -2.24. The quantitative estimate of drug-likeness (QED) is 0.744. The van der Waals surface area contributed by atoms with Gasteiger partial charge < -0.3 is 14.8 Å². The molecule has 0 saturated carbocycles. The molecule has 140 valence electrons. The first-order chi connectivity index (χ1) is 13.7. The number of hydrogen-bond donors (Lipinski definition) is 1. The summed E-state index contributed by atoms with van der Waals surface area (Å²) in [5.41, 5.74) is 2.39. The first-order valence-corrected chi connectivity index (χ1v) is 9.05. The number of fused-ring (bicyclic) bond motifs is 1. The van der Waals surface area contributed by atoms with Crippen molar-refractivity contribution in [2.24, 2.45) is 0 Å². The maximum absolute atomic E-state index is 12.5. The highest BCUT2D eigenvalue weighted by Gasteiger charge is 2.29. The number of ketones is 1. The number of benzene rings is 3. The van der Waals surface area contributed by atoms with E-state index in [1.54, 1.807) is 18.2 Å². The predicted molar refractivity (Wildman–Crippen MR) is 106 cm³/mol. The van der Waals surface area contributed by atoms with E-state index in [1.165, 1.54) is 0 Å². The largest absolute Gasteiger partial charge is 0.490 e. The van der Waals surface area contributed by atoms with E-state index in [-0.39, 0.29) is 24.9 Å². The van der Waals surface area contributed by atoms with E-state index in [4.69, 9.17) is 9.47 Å². The Labute approximate surface area is 162 Å². The molecule has 0 saturated heterocycles. The number of hydrogen-bond acceptors (Lipinski definition) is 4. The highest BCUT2D eigenvalue weighted by atomic mass is 16.5. The van der Waals surface area contributed by atoms with Gasteiger partial charge in [-0.05, 0) is 23.8 Å². The van der Waals surface area contributed by atoms with Crippen molar-refractivity contribution in [3.8, 4) is 22.6 Å². The lowest BCUT2D eigenvalue weighted by Crippen LogP contribution is -2.48. The van der Waals surface area contributed by atoms with Crippen LogP contribution in [0.4, 0.5) is 0 Å². The van der Waals surface area contributed by atoms with Crippen molar-refractivity contribution >= 4 is 11.7 Å². The SMILES string of the molecule is O=C(COc1ccccc1-c1ccccc1)NC1COc2ccccc2C1=O. The van der Waals surface area contributed by atoms with Gasteiger partial charge in [-0.1, -0.05) is 60.7 Å². The maximum atomic E-state index is 12.5. The van der Waals surface area contributed by atoms with Crippen molar-refractivity contribution in [1.82, 2.24) is 5.32 Å². The second kappa shape index (κ2) is 7.96. The predicted octanol–water partition coefficient (Wildman–Crippen LogP) is 3.49. The van der Waals surface area contributed by atoms with E-state index in [2.05, 4.69) is 5.32 Å². The van der Waals surface area contributed by atoms with Gasteiger partial charge in [-0.15, -0.1) is 0 Å². The molecule has 1 aliphatic rings. The number of carbonyl (C=O) groups excluding carboxylic acids is 2. The van der Waals surface area contributed by atoms with Crippen LogP contribution in [0.5, 0.6) is 11.5 Å². The molecule has 0 aromatic heterocycles. The van der Waals surface area contributed by atoms with Crippen molar-refractivity contribution in [3.05, 3.63) is 84.4 Å². The number of rotatable bonds is 5. The fourth-order valence-corrected chi connectivity index (χ4v) is 3.17. The molecule has 5 heteroatoms. The second-order valence-electron chi connectivity index (χ2n) is 6.44. The summed E-state index contributed by atoms with van der Waals surface area (Å²) in [6.07, 6.45) is 0. The van der Waals surface area contributed by atoms with E-state index in [9.17, 15) is 9.59 Å². The minimum atomic E-state index is -0.713. The van der Waals surface area contributed by atoms with Crippen molar-refractivity contribution in [2.45, 2.75) is 6.04 Å². The number of carbonyl (C=O) groups is 2. The van der Waals surface area contributed by atoms with Crippen LogP contribution in [0.25, 0.3) is 11.1 Å². The zero-order valence-corrected chi connectivity index (χ0v) is 15.1. The van der Waals surface area contributed by atoms with Crippen molar-refractivity contribution in [3.63, 3.8) is 0 Å². The second-order valence-corrected chi connectivity index (χ2v) is 6.44. The van der Waals surface area contributed by atoms with Gasteiger partial charge in [-0.3, -0.25) is 9.59 Å². The molecule has 1 heterocycles. The molecule has 0 aliphatic carbocycles. The van der Waals surface area contributed by atoms with Gasteiger partial charge in [0.05, 0.1) is 5.56 Å². The van der Waals surface area contributed by atoms with Gasteiger partial charge in [0.15, 0.2) is 12.4 Å². The van der Waals surface area contributed by atoms with Crippen LogP contribution in [0.15, 0.2) is 78.9 Å². The molecular weight excluding hydrogens is 354 g/mol. The Bertz CT molecular complexity index is 1000. The Kier molecular flexibility index (Phi) is 5.06. The fraction of sp³-hybridized carbons (Fsp3) is 0.130. The van der Waals surface area contributed by atoms with Gasteiger partial charge in [0.2, 0.25) is 0 Å². The minimum absolute atomic E-state index is 0.113. The minimum Gasteiger partial charge on any atom is -0.490 e. The average Bonchev–Trinajstić information content (AvgIpc) is 2.75. The van der Waals surface area contributed by atoms with E-state index >= 15 is 0 Å². The number of Topliss-reactive ketones (excluding diaryl/α,β-unsaturated/α-hetero) is 1. The van der Waals surface area contributed by atoms with Crippen molar-refractivity contribution < 1.29 is 19.1 Å². The van der Waals surface area contributed by atoms with Gasteiger partial charge in [-0.2, -0.15) is 0 Å². The molecule has 0 spiro atoms. The van der Waals surface area contributed by atoms with Gasteiger partial charge in [0.25, 0.3) is 5.91 Å². The summed E-state index contributed by atoms with van der Waals surface area (Å²) in [4.78, 5) is 24.9. The fourth-order valence-electron chi connectivity index (χ4n) is 3.17. The van der Waals surface area contributed by atoms with E-state index in [0.29, 0.717) is 17.1 Å². The third kappa shape index (κ3) is 3.74. The molecule has 5 nitrogen and oxygen atoms in total. The molecule has 0 radical (unpaired) electrons. The van der Waals surface area contributed by atoms with Gasteiger partial charge in [-0.25, -0.2) is 0 Å². The summed E-state index contributed by atoms with van der Waals surface area (Å²) in [6, 6.07) is 23.7. The highest BCUT2D eigenvalue weighted by molar-refractivity contribution is 6.05. The Balaban J connectivity index is 1.41. The molecule has 0 bridgehead atoms. The van der Waals surface area contributed by atoms with Crippen LogP contribution in [0.2, 0.25) is 0 Å². The zero-order valence-electron chi connectivity index (χ0n) is 15.1. The lowest BCUT2D eigenvalue weighted by atomic mass is 10.0. The topological polar surface area (TPSA) is 64.6 Å². The normalized spacial score (nSPS) is 15.3. The zero-order chi connectivity index (χ0) is 19.3. The van der Waals surface area contributed by atoms with Crippen LogP contribution in [-0.4, -0.2) is 30.9 Å². The van der Waals surface area contributed by atoms with Crippen LogP contribution in [0.3, 0.4) is 0 Å². The van der Waals surface area contributed by atoms with Crippen LogP contribution in [0, 0.1) is 0 Å². The Morgan fingerprint density at radius 1 is 0.929 bits per heavy atom. The number of nitrogens with one attached hydrogen (secondary N) is 1. The van der Waals surface area contributed by atoms with Gasteiger partial charge >= 0.3 is 0 Å². The Morgan fingerprint density at radius 2 is 1.61 bits per heavy atom. The first kappa shape index (κ1) is 17.8. The van der Waals surface area contributed by atoms with Crippen LogP contribution < -0.4 is 14.8 Å². The van der Waals surface area contributed by atoms with Crippen molar-refractivity contribution in [1.29, 1.82) is 0 Å². The van der Waals surface area contributed by atoms with Crippen LogP contribution >= 0.6 is 0 Å². The maximum Gasteiger partial charge on any atom is 0.258 e. The average molecular weight is 373 g/mol. The molecule has 1 unspecified atom stereocenters. The number of amides is 1. The molecule has 0 fully saturated rings.